The van der Waals surface area contributed by atoms with Crippen molar-refractivity contribution in [2.45, 2.75) is 11.3 Å². The number of hydrogen-bond acceptors (Lipinski definition) is 3. The van der Waals surface area contributed by atoms with Crippen molar-refractivity contribution in [1.82, 2.24) is 0 Å². The van der Waals surface area contributed by atoms with Crippen molar-refractivity contribution in [2.75, 3.05) is 6.26 Å². The van der Waals surface area contributed by atoms with E-state index in [9.17, 15) is 21.6 Å². The maximum absolute atomic E-state index is 12.0. The maximum atomic E-state index is 12.0. The second kappa shape index (κ2) is 4.25. The summed E-state index contributed by atoms with van der Waals surface area (Å²) in [5.74, 6) is -0.588. The zero-order valence-corrected chi connectivity index (χ0v) is 10.3. The highest BCUT2D eigenvalue weighted by Crippen LogP contribution is 2.32. The van der Waals surface area contributed by atoms with Crippen molar-refractivity contribution in [3.8, 4) is 5.75 Å². The van der Waals surface area contributed by atoms with E-state index in [4.69, 9.17) is 0 Å². The predicted molar refractivity (Wildman–Crippen MR) is 53.9 cm³/mol. The molecule has 1 rings (SSSR count). The van der Waals surface area contributed by atoms with Gasteiger partial charge in [0.25, 0.3) is 0 Å². The van der Waals surface area contributed by atoms with Crippen molar-refractivity contribution < 1.29 is 26.3 Å². The average Bonchev–Trinajstić information content (AvgIpc) is 2.04. The minimum absolute atomic E-state index is 0.0252. The predicted octanol–water partition coefficient (Wildman–Crippen LogP) is 2.75. The lowest BCUT2D eigenvalue weighted by atomic mass is 10.3. The number of hydrogen-bond donors (Lipinski definition) is 0. The summed E-state index contributed by atoms with van der Waals surface area (Å²) in [5, 5.41) is 0. The van der Waals surface area contributed by atoms with Crippen molar-refractivity contribution in [3.63, 3.8) is 0 Å². The molecule has 0 fully saturated rings. The molecule has 0 atom stereocenters. The molecule has 1 aromatic carbocycles. The van der Waals surface area contributed by atoms with Crippen LogP contribution in [0.25, 0.3) is 0 Å². The minimum atomic E-state index is -4.86. The van der Waals surface area contributed by atoms with E-state index in [2.05, 4.69) is 20.7 Å². The van der Waals surface area contributed by atoms with E-state index >= 15 is 0 Å². The van der Waals surface area contributed by atoms with E-state index < -0.39 is 21.9 Å². The van der Waals surface area contributed by atoms with E-state index in [-0.39, 0.29) is 9.37 Å². The van der Waals surface area contributed by atoms with Gasteiger partial charge in [0.2, 0.25) is 0 Å². The van der Waals surface area contributed by atoms with Crippen molar-refractivity contribution in [3.05, 3.63) is 22.7 Å². The lowest BCUT2D eigenvalue weighted by Gasteiger charge is -2.11. The first kappa shape index (κ1) is 13.3. The summed E-state index contributed by atoms with van der Waals surface area (Å²) in [6.07, 6.45) is -3.97. The van der Waals surface area contributed by atoms with Crippen LogP contribution in [0.1, 0.15) is 0 Å². The largest absolute Gasteiger partial charge is 0.573 e. The van der Waals surface area contributed by atoms with Crippen LogP contribution in [0.4, 0.5) is 13.2 Å². The second-order valence-electron chi connectivity index (χ2n) is 2.91. The third-order valence-corrected chi connectivity index (χ3v) is 3.32. The summed E-state index contributed by atoms with van der Waals surface area (Å²) in [6, 6.07) is 3.17. The van der Waals surface area contributed by atoms with Crippen LogP contribution in [0.5, 0.6) is 5.75 Å². The van der Waals surface area contributed by atoms with Crippen LogP contribution in [-0.4, -0.2) is 21.0 Å². The molecule has 1 aromatic rings. The number of ether oxygens (including phenoxy) is 1. The monoisotopic (exact) mass is 318 g/mol. The molecule has 0 saturated heterocycles. The Labute approximate surface area is 98.3 Å². The molecule has 0 spiro atoms. The molecule has 90 valence electrons. The fraction of sp³-hybridized carbons (Fsp3) is 0.250. The number of halogens is 4. The molecular weight excluding hydrogens is 313 g/mol. The van der Waals surface area contributed by atoms with E-state index in [0.717, 1.165) is 12.3 Å². The third kappa shape index (κ3) is 3.67. The molecule has 0 aliphatic heterocycles. The summed E-state index contributed by atoms with van der Waals surface area (Å²) in [5.41, 5.74) is 0. The molecule has 0 radical (unpaired) electrons. The highest BCUT2D eigenvalue weighted by atomic mass is 79.9. The molecule has 0 saturated carbocycles. The van der Waals surface area contributed by atoms with Gasteiger partial charge >= 0.3 is 6.36 Å². The van der Waals surface area contributed by atoms with Crippen LogP contribution in [0.15, 0.2) is 27.6 Å². The molecule has 0 heterocycles. The Morgan fingerprint density at radius 1 is 1.31 bits per heavy atom. The fourth-order valence-electron chi connectivity index (χ4n) is 0.917. The zero-order chi connectivity index (χ0) is 12.6. The number of benzene rings is 1. The normalized spacial score (nSPS) is 12.6. The number of sulfone groups is 1. The Kier molecular flexibility index (Phi) is 3.53. The fourth-order valence-corrected chi connectivity index (χ4v) is 1.88. The Morgan fingerprint density at radius 2 is 1.88 bits per heavy atom. The molecular formula is C8H6BrF3O3S. The van der Waals surface area contributed by atoms with Crippen molar-refractivity contribution >= 4 is 25.8 Å². The maximum Gasteiger partial charge on any atom is 0.573 e. The zero-order valence-electron chi connectivity index (χ0n) is 7.88. The quantitative estimate of drug-likeness (QED) is 0.842. The molecule has 0 aromatic heterocycles. The molecule has 3 nitrogen and oxygen atoms in total. The lowest BCUT2D eigenvalue weighted by molar-refractivity contribution is -0.275. The minimum Gasteiger partial charge on any atom is -0.405 e. The van der Waals surface area contributed by atoms with Crippen molar-refractivity contribution in [2.24, 2.45) is 0 Å². The Balaban J connectivity index is 3.20. The summed E-state index contributed by atoms with van der Waals surface area (Å²) < 4.78 is 61.8. The van der Waals surface area contributed by atoms with E-state index in [0.29, 0.717) is 0 Å². The molecule has 8 heteroatoms. The second-order valence-corrected chi connectivity index (χ2v) is 5.78. The molecule has 0 amide bonds. The van der Waals surface area contributed by atoms with Gasteiger partial charge in [-0.05, 0) is 28.1 Å². The van der Waals surface area contributed by atoms with Gasteiger partial charge in [-0.15, -0.1) is 13.2 Å². The topological polar surface area (TPSA) is 43.4 Å². The van der Waals surface area contributed by atoms with Gasteiger partial charge in [0, 0.05) is 12.3 Å². The first-order valence-electron chi connectivity index (χ1n) is 3.85. The highest BCUT2D eigenvalue weighted by Gasteiger charge is 2.32. The van der Waals surface area contributed by atoms with Gasteiger partial charge in [-0.1, -0.05) is 0 Å². The Bertz CT molecular complexity index is 496. The molecule has 0 bridgehead atoms. The van der Waals surface area contributed by atoms with Crippen LogP contribution in [0.3, 0.4) is 0 Å². The SMILES string of the molecule is CS(=O)(=O)c1ccc(Br)c(OC(F)(F)F)c1. The standard InChI is InChI=1S/C8H6BrF3O3S/c1-16(13,14)5-2-3-6(9)7(4-5)15-8(10,11)12/h2-4H,1H3. The van der Waals surface area contributed by atoms with Crippen molar-refractivity contribution in [1.29, 1.82) is 0 Å². The molecule has 16 heavy (non-hydrogen) atoms. The molecule has 0 aliphatic rings. The molecule has 0 N–H and O–H groups in total. The Morgan fingerprint density at radius 3 is 2.31 bits per heavy atom. The van der Waals surface area contributed by atoms with E-state index in [1.807, 2.05) is 0 Å². The van der Waals surface area contributed by atoms with Gasteiger partial charge in [0.1, 0.15) is 5.75 Å². The smallest absolute Gasteiger partial charge is 0.405 e. The van der Waals surface area contributed by atoms with Crippen LogP contribution in [-0.2, 0) is 9.84 Å². The summed E-state index contributed by atoms with van der Waals surface area (Å²) in [6.45, 7) is 0. The first-order valence-corrected chi connectivity index (χ1v) is 6.53. The molecule has 0 unspecified atom stereocenters. The lowest BCUT2D eigenvalue weighted by Crippen LogP contribution is -2.17. The summed E-state index contributed by atoms with van der Waals surface area (Å²) >= 11 is 2.83. The van der Waals surface area contributed by atoms with Gasteiger partial charge in [0.05, 0.1) is 9.37 Å². The number of alkyl halides is 3. The van der Waals surface area contributed by atoms with E-state index in [1.54, 1.807) is 0 Å². The summed E-state index contributed by atoms with van der Waals surface area (Å²) in [7, 11) is -3.57. The van der Waals surface area contributed by atoms with Crippen LogP contribution < -0.4 is 4.74 Å². The van der Waals surface area contributed by atoms with Crippen LogP contribution >= 0.6 is 15.9 Å². The number of rotatable bonds is 2. The van der Waals surface area contributed by atoms with Gasteiger partial charge in [-0.2, -0.15) is 0 Å². The average molecular weight is 319 g/mol. The van der Waals surface area contributed by atoms with Gasteiger partial charge in [-0.3, -0.25) is 0 Å². The molecule has 0 aliphatic carbocycles. The first-order chi connectivity index (χ1) is 7.09. The highest BCUT2D eigenvalue weighted by molar-refractivity contribution is 9.10. The van der Waals surface area contributed by atoms with Crippen LogP contribution in [0.2, 0.25) is 0 Å². The van der Waals surface area contributed by atoms with Gasteiger partial charge in [-0.25, -0.2) is 8.42 Å². The van der Waals surface area contributed by atoms with Crippen LogP contribution in [0, 0.1) is 0 Å². The van der Waals surface area contributed by atoms with Gasteiger partial charge < -0.3 is 4.74 Å². The third-order valence-electron chi connectivity index (χ3n) is 1.56. The Hall–Kier alpha value is -0.760. The summed E-state index contributed by atoms with van der Waals surface area (Å²) in [4.78, 5) is -0.241. The van der Waals surface area contributed by atoms with E-state index in [1.165, 1.54) is 12.1 Å². The van der Waals surface area contributed by atoms with Gasteiger partial charge in [0.15, 0.2) is 9.84 Å².